The summed E-state index contributed by atoms with van der Waals surface area (Å²) in [6.45, 7) is 0. The molecule has 0 unspecified atom stereocenters. The molecule has 0 atom stereocenters. The molecule has 0 aliphatic carbocycles. The van der Waals surface area contributed by atoms with Gasteiger partial charge in [-0.05, 0) is 18.2 Å². The van der Waals surface area contributed by atoms with Crippen LogP contribution in [0.15, 0.2) is 18.2 Å². The minimum atomic E-state index is -0.735. The van der Waals surface area contributed by atoms with Gasteiger partial charge >= 0.3 is 5.97 Å². The third-order valence-electron chi connectivity index (χ3n) is 1.84. The van der Waals surface area contributed by atoms with Gasteiger partial charge in [-0.3, -0.25) is 0 Å². The summed E-state index contributed by atoms with van der Waals surface area (Å²) in [6.07, 6.45) is 2.18. The number of ether oxygens (including phenoxy) is 1. The first-order valence-electron chi connectivity index (χ1n) is 4.24. The molecule has 3 nitrogen and oxygen atoms in total. The van der Waals surface area contributed by atoms with Crippen molar-refractivity contribution in [3.8, 4) is 6.07 Å². The zero-order valence-corrected chi connectivity index (χ0v) is 9.08. The first-order valence-corrected chi connectivity index (χ1v) is 4.62. The van der Waals surface area contributed by atoms with Gasteiger partial charge in [-0.25, -0.2) is 9.18 Å². The van der Waals surface area contributed by atoms with E-state index in [1.807, 2.05) is 0 Å². The van der Waals surface area contributed by atoms with Crippen molar-refractivity contribution in [2.45, 2.75) is 0 Å². The molecule has 16 heavy (non-hydrogen) atoms. The number of carbonyl (C=O) groups is 1. The van der Waals surface area contributed by atoms with Crippen molar-refractivity contribution in [2.75, 3.05) is 7.11 Å². The van der Waals surface area contributed by atoms with Crippen LogP contribution in [0, 0.1) is 17.1 Å². The Bertz CT molecular complexity index is 491. The lowest BCUT2D eigenvalue weighted by molar-refractivity contribution is -0.134. The molecule has 1 rings (SSSR count). The molecular formula is C11H7ClFNO2. The van der Waals surface area contributed by atoms with Crippen LogP contribution >= 0.6 is 11.6 Å². The van der Waals surface area contributed by atoms with Gasteiger partial charge in [0.2, 0.25) is 0 Å². The molecule has 0 heterocycles. The molecule has 82 valence electrons. The number of esters is 1. The number of nitriles is 1. The van der Waals surface area contributed by atoms with Gasteiger partial charge in [-0.2, -0.15) is 5.26 Å². The number of nitrogens with zero attached hydrogens (tertiary/aromatic N) is 1. The van der Waals surface area contributed by atoms with E-state index in [4.69, 9.17) is 16.9 Å². The number of rotatable bonds is 2. The van der Waals surface area contributed by atoms with Gasteiger partial charge in [0.15, 0.2) is 0 Å². The van der Waals surface area contributed by atoms with E-state index in [0.29, 0.717) is 0 Å². The smallest absolute Gasteiger partial charge is 0.330 e. The van der Waals surface area contributed by atoms with Gasteiger partial charge in [0.05, 0.1) is 23.8 Å². The van der Waals surface area contributed by atoms with Crippen molar-refractivity contribution in [3.05, 3.63) is 40.2 Å². The second-order valence-electron chi connectivity index (χ2n) is 2.79. The highest BCUT2D eigenvalue weighted by Crippen LogP contribution is 2.22. The number of hydrogen-bond donors (Lipinski definition) is 0. The van der Waals surface area contributed by atoms with Gasteiger partial charge in [0.1, 0.15) is 5.82 Å². The average molecular weight is 240 g/mol. The molecule has 0 bridgehead atoms. The number of carbonyl (C=O) groups excluding carboxylic acids is 1. The van der Waals surface area contributed by atoms with Crippen LogP contribution in [-0.4, -0.2) is 13.1 Å². The summed E-state index contributed by atoms with van der Waals surface area (Å²) >= 11 is 5.56. The maximum Gasteiger partial charge on any atom is 0.330 e. The standard InChI is InChI=1S/C11H7ClFNO2/c1-16-10(15)5-3-8-7(6-14)2-4-9(12)11(8)13/h2-5H,1H3/b5-3+. The average Bonchev–Trinajstić information content (AvgIpc) is 2.30. The van der Waals surface area contributed by atoms with Crippen LogP contribution < -0.4 is 0 Å². The molecule has 1 aromatic carbocycles. The Hall–Kier alpha value is -1.86. The molecule has 0 aliphatic heterocycles. The van der Waals surface area contributed by atoms with Crippen LogP contribution in [0.25, 0.3) is 6.08 Å². The molecule has 0 aromatic heterocycles. The molecule has 0 radical (unpaired) electrons. The Balaban J connectivity index is 3.22. The Morgan fingerprint density at radius 3 is 2.88 bits per heavy atom. The van der Waals surface area contributed by atoms with Crippen molar-refractivity contribution in [1.29, 1.82) is 5.26 Å². The Morgan fingerprint density at radius 1 is 1.62 bits per heavy atom. The molecule has 5 heteroatoms. The topological polar surface area (TPSA) is 50.1 Å². The van der Waals surface area contributed by atoms with Crippen molar-refractivity contribution in [3.63, 3.8) is 0 Å². The van der Waals surface area contributed by atoms with Gasteiger partial charge in [0.25, 0.3) is 0 Å². The van der Waals surface area contributed by atoms with Gasteiger partial charge in [-0.15, -0.1) is 0 Å². The van der Waals surface area contributed by atoms with E-state index < -0.39 is 11.8 Å². The molecular weight excluding hydrogens is 233 g/mol. The fourth-order valence-corrected chi connectivity index (χ4v) is 1.21. The molecule has 0 aliphatic rings. The Labute approximate surface area is 96.7 Å². The third-order valence-corrected chi connectivity index (χ3v) is 2.13. The monoisotopic (exact) mass is 239 g/mol. The van der Waals surface area contributed by atoms with Crippen LogP contribution in [0.5, 0.6) is 0 Å². The second kappa shape index (κ2) is 5.29. The van der Waals surface area contributed by atoms with E-state index in [1.165, 1.54) is 19.2 Å². The predicted octanol–water partition coefficient (Wildman–Crippen LogP) is 2.54. The number of methoxy groups -OCH3 is 1. The van der Waals surface area contributed by atoms with E-state index in [1.54, 1.807) is 6.07 Å². The van der Waals surface area contributed by atoms with Gasteiger partial charge < -0.3 is 4.74 Å². The Morgan fingerprint density at radius 2 is 2.31 bits per heavy atom. The second-order valence-corrected chi connectivity index (χ2v) is 3.20. The highest BCUT2D eigenvalue weighted by Gasteiger charge is 2.09. The lowest BCUT2D eigenvalue weighted by atomic mass is 10.1. The lowest BCUT2D eigenvalue weighted by Crippen LogP contribution is -1.95. The van der Waals surface area contributed by atoms with E-state index in [2.05, 4.69) is 4.74 Å². The first-order chi connectivity index (χ1) is 7.60. The molecule has 0 amide bonds. The van der Waals surface area contributed by atoms with Crippen molar-refractivity contribution >= 4 is 23.6 Å². The lowest BCUT2D eigenvalue weighted by Gasteiger charge is -2.01. The van der Waals surface area contributed by atoms with Crippen molar-refractivity contribution < 1.29 is 13.9 Å². The fourth-order valence-electron chi connectivity index (χ4n) is 1.05. The fraction of sp³-hybridized carbons (Fsp3) is 0.0909. The quantitative estimate of drug-likeness (QED) is 0.589. The maximum absolute atomic E-state index is 13.5. The zero-order chi connectivity index (χ0) is 12.1. The summed E-state index contributed by atoms with van der Waals surface area (Å²) in [7, 11) is 1.20. The molecule has 1 aromatic rings. The number of benzene rings is 1. The van der Waals surface area contributed by atoms with Gasteiger partial charge in [0, 0.05) is 11.6 Å². The predicted molar refractivity (Wildman–Crippen MR) is 57.2 cm³/mol. The Kier molecular flexibility index (Phi) is 4.03. The number of hydrogen-bond acceptors (Lipinski definition) is 3. The third kappa shape index (κ3) is 2.59. The van der Waals surface area contributed by atoms with Crippen LogP contribution in [-0.2, 0) is 9.53 Å². The maximum atomic E-state index is 13.5. The highest BCUT2D eigenvalue weighted by molar-refractivity contribution is 6.30. The molecule has 0 saturated heterocycles. The molecule has 0 fully saturated rings. The van der Waals surface area contributed by atoms with Crippen LogP contribution in [0.2, 0.25) is 5.02 Å². The zero-order valence-electron chi connectivity index (χ0n) is 8.33. The molecule has 0 spiro atoms. The summed E-state index contributed by atoms with van der Waals surface area (Å²) in [5, 5.41) is 8.64. The normalized spacial score (nSPS) is 10.1. The van der Waals surface area contributed by atoms with Crippen molar-refractivity contribution in [1.82, 2.24) is 0 Å². The summed E-state index contributed by atoms with van der Waals surface area (Å²) in [5.41, 5.74) is 0.0717. The number of halogens is 2. The summed E-state index contributed by atoms with van der Waals surface area (Å²) in [6, 6.07) is 4.46. The minimum Gasteiger partial charge on any atom is -0.466 e. The van der Waals surface area contributed by atoms with Crippen LogP contribution in [0.4, 0.5) is 4.39 Å². The highest BCUT2D eigenvalue weighted by atomic mass is 35.5. The molecule has 0 N–H and O–H groups in total. The molecule has 0 saturated carbocycles. The van der Waals surface area contributed by atoms with E-state index >= 15 is 0 Å². The summed E-state index contributed by atoms with van der Waals surface area (Å²) in [5.74, 6) is -1.37. The SMILES string of the molecule is COC(=O)/C=C/c1c(C#N)ccc(Cl)c1F. The van der Waals surface area contributed by atoms with E-state index in [9.17, 15) is 9.18 Å². The first kappa shape index (κ1) is 12.2. The largest absolute Gasteiger partial charge is 0.466 e. The van der Waals surface area contributed by atoms with Crippen LogP contribution in [0.1, 0.15) is 11.1 Å². The van der Waals surface area contributed by atoms with E-state index in [-0.39, 0.29) is 16.1 Å². The summed E-state index contributed by atoms with van der Waals surface area (Å²) < 4.78 is 17.9. The van der Waals surface area contributed by atoms with Gasteiger partial charge in [-0.1, -0.05) is 11.6 Å². The van der Waals surface area contributed by atoms with Crippen LogP contribution in [0.3, 0.4) is 0 Å². The van der Waals surface area contributed by atoms with Crippen molar-refractivity contribution in [2.24, 2.45) is 0 Å². The minimum absolute atomic E-state index is 0.0274. The summed E-state index contributed by atoms with van der Waals surface area (Å²) in [4.78, 5) is 10.8. The van der Waals surface area contributed by atoms with E-state index in [0.717, 1.165) is 12.2 Å².